The number of pyridine rings is 1. The van der Waals surface area contributed by atoms with Crippen molar-refractivity contribution in [1.29, 1.82) is 0 Å². The highest BCUT2D eigenvalue weighted by Gasteiger charge is 2.10. The number of aromatic nitrogens is 3. The van der Waals surface area contributed by atoms with Gasteiger partial charge in [0.25, 0.3) is 0 Å². The van der Waals surface area contributed by atoms with Gasteiger partial charge < -0.3 is 5.32 Å². The minimum Gasteiger partial charge on any atom is -0.372 e. The SMILES string of the molecule is CNc1nc(C)nc2nc(-c3cc(Cl)ccc3Cl)ccc12. The molecule has 0 unspecified atom stereocenters. The first kappa shape index (κ1) is 14.0. The van der Waals surface area contributed by atoms with Gasteiger partial charge in [0.15, 0.2) is 5.65 Å². The van der Waals surface area contributed by atoms with Crippen LogP contribution in [0.1, 0.15) is 5.82 Å². The van der Waals surface area contributed by atoms with Crippen LogP contribution in [-0.2, 0) is 0 Å². The van der Waals surface area contributed by atoms with Gasteiger partial charge >= 0.3 is 0 Å². The number of aryl methyl sites for hydroxylation is 1. The Hall–Kier alpha value is -1.91. The van der Waals surface area contributed by atoms with Crippen molar-refractivity contribution in [1.82, 2.24) is 15.0 Å². The molecule has 0 saturated heterocycles. The number of halogens is 2. The first-order chi connectivity index (χ1) is 10.1. The predicted octanol–water partition coefficient (Wildman–Crippen LogP) is 4.35. The van der Waals surface area contributed by atoms with E-state index in [2.05, 4.69) is 20.3 Å². The molecule has 2 heterocycles. The van der Waals surface area contributed by atoms with Crippen molar-refractivity contribution in [3.8, 4) is 11.3 Å². The lowest BCUT2D eigenvalue weighted by atomic mass is 10.1. The maximum atomic E-state index is 6.23. The van der Waals surface area contributed by atoms with E-state index >= 15 is 0 Å². The molecule has 3 rings (SSSR count). The smallest absolute Gasteiger partial charge is 0.165 e. The van der Waals surface area contributed by atoms with Gasteiger partial charge in [-0.2, -0.15) is 0 Å². The Balaban J connectivity index is 2.24. The molecule has 6 heteroatoms. The van der Waals surface area contributed by atoms with E-state index < -0.39 is 0 Å². The van der Waals surface area contributed by atoms with Crippen LogP contribution in [0.15, 0.2) is 30.3 Å². The molecule has 1 aromatic carbocycles. The van der Waals surface area contributed by atoms with Crippen molar-refractivity contribution in [2.45, 2.75) is 6.92 Å². The molecule has 0 saturated carbocycles. The number of hydrogen-bond acceptors (Lipinski definition) is 4. The third-order valence-corrected chi connectivity index (χ3v) is 3.68. The lowest BCUT2D eigenvalue weighted by Gasteiger charge is -2.08. The van der Waals surface area contributed by atoms with Crippen molar-refractivity contribution in [3.63, 3.8) is 0 Å². The quantitative estimate of drug-likeness (QED) is 0.763. The van der Waals surface area contributed by atoms with Gasteiger partial charge in [-0.3, -0.25) is 0 Å². The van der Waals surface area contributed by atoms with E-state index in [0.29, 0.717) is 21.5 Å². The summed E-state index contributed by atoms with van der Waals surface area (Å²) in [4.78, 5) is 13.3. The van der Waals surface area contributed by atoms with E-state index in [1.165, 1.54) is 0 Å². The van der Waals surface area contributed by atoms with Crippen LogP contribution in [0.2, 0.25) is 10.0 Å². The van der Waals surface area contributed by atoms with Crippen molar-refractivity contribution < 1.29 is 0 Å². The van der Waals surface area contributed by atoms with Crippen LogP contribution in [0.3, 0.4) is 0 Å². The second-order valence-electron chi connectivity index (χ2n) is 4.56. The van der Waals surface area contributed by atoms with Crippen LogP contribution in [0, 0.1) is 6.92 Å². The fourth-order valence-electron chi connectivity index (χ4n) is 2.15. The average molecular weight is 319 g/mol. The number of anilines is 1. The molecule has 0 atom stereocenters. The normalized spacial score (nSPS) is 10.9. The van der Waals surface area contributed by atoms with Crippen LogP contribution in [0.4, 0.5) is 5.82 Å². The molecule has 4 nitrogen and oxygen atoms in total. The minimum atomic E-state index is 0.603. The van der Waals surface area contributed by atoms with E-state index in [-0.39, 0.29) is 0 Å². The van der Waals surface area contributed by atoms with E-state index in [4.69, 9.17) is 23.2 Å². The first-order valence-electron chi connectivity index (χ1n) is 6.37. The Morgan fingerprint density at radius 1 is 1.00 bits per heavy atom. The number of rotatable bonds is 2. The highest BCUT2D eigenvalue weighted by molar-refractivity contribution is 6.35. The van der Waals surface area contributed by atoms with Crippen LogP contribution >= 0.6 is 23.2 Å². The van der Waals surface area contributed by atoms with Crippen LogP contribution in [0.5, 0.6) is 0 Å². The molecule has 106 valence electrons. The van der Waals surface area contributed by atoms with Crippen molar-refractivity contribution in [2.24, 2.45) is 0 Å². The summed E-state index contributed by atoms with van der Waals surface area (Å²) < 4.78 is 0. The number of nitrogens with one attached hydrogen (secondary N) is 1. The van der Waals surface area contributed by atoms with Crippen LogP contribution < -0.4 is 5.32 Å². The van der Waals surface area contributed by atoms with Gasteiger partial charge in [-0.25, -0.2) is 15.0 Å². The first-order valence-corrected chi connectivity index (χ1v) is 7.12. The van der Waals surface area contributed by atoms with Gasteiger partial charge in [-0.05, 0) is 37.3 Å². The maximum absolute atomic E-state index is 6.23. The van der Waals surface area contributed by atoms with Crippen molar-refractivity contribution >= 4 is 40.1 Å². The molecule has 0 radical (unpaired) electrons. The minimum absolute atomic E-state index is 0.603. The molecule has 21 heavy (non-hydrogen) atoms. The fourth-order valence-corrected chi connectivity index (χ4v) is 2.54. The Morgan fingerprint density at radius 2 is 1.81 bits per heavy atom. The summed E-state index contributed by atoms with van der Waals surface area (Å²) in [6, 6.07) is 9.12. The van der Waals surface area contributed by atoms with Crippen LogP contribution in [0.25, 0.3) is 22.3 Å². The summed E-state index contributed by atoms with van der Waals surface area (Å²) in [5, 5.41) is 5.14. The molecular weight excluding hydrogens is 307 g/mol. The Bertz CT molecular complexity index is 833. The molecule has 0 aliphatic rings. The lowest BCUT2D eigenvalue weighted by molar-refractivity contribution is 1.07. The molecule has 0 bridgehead atoms. The van der Waals surface area contributed by atoms with E-state index in [1.54, 1.807) is 18.2 Å². The van der Waals surface area contributed by atoms with Gasteiger partial charge in [0.2, 0.25) is 0 Å². The Kier molecular flexibility index (Phi) is 3.66. The Labute approximate surface area is 132 Å². The largest absolute Gasteiger partial charge is 0.372 e. The zero-order chi connectivity index (χ0) is 15.0. The summed E-state index contributed by atoms with van der Waals surface area (Å²) in [6.45, 7) is 1.83. The summed E-state index contributed by atoms with van der Waals surface area (Å²) in [5.41, 5.74) is 2.14. The second kappa shape index (κ2) is 5.47. The maximum Gasteiger partial charge on any atom is 0.165 e. The third kappa shape index (κ3) is 2.64. The molecule has 0 aliphatic heterocycles. The summed E-state index contributed by atoms with van der Waals surface area (Å²) in [6.07, 6.45) is 0. The predicted molar refractivity (Wildman–Crippen MR) is 87.1 cm³/mol. The summed E-state index contributed by atoms with van der Waals surface area (Å²) in [5.74, 6) is 1.42. The van der Waals surface area contributed by atoms with Crippen LogP contribution in [-0.4, -0.2) is 22.0 Å². The number of nitrogens with zero attached hydrogens (tertiary/aromatic N) is 3. The average Bonchev–Trinajstić information content (AvgIpc) is 2.48. The number of hydrogen-bond donors (Lipinski definition) is 1. The monoisotopic (exact) mass is 318 g/mol. The van der Waals surface area contributed by atoms with Gasteiger partial charge in [0.1, 0.15) is 11.6 Å². The molecule has 0 amide bonds. The molecule has 0 spiro atoms. The molecular formula is C15H12Cl2N4. The van der Waals surface area contributed by atoms with Crippen molar-refractivity contribution in [2.75, 3.05) is 12.4 Å². The standard InChI is InChI=1S/C15H12Cl2N4/c1-8-19-14(18-2)10-4-6-13(21-15(10)20-8)11-7-9(16)3-5-12(11)17/h3-7H,1-2H3,(H,18,19,20,21). The molecule has 0 fully saturated rings. The zero-order valence-corrected chi connectivity index (χ0v) is 13.0. The fraction of sp³-hybridized carbons (Fsp3) is 0.133. The van der Waals surface area contributed by atoms with Gasteiger partial charge in [-0.1, -0.05) is 23.2 Å². The van der Waals surface area contributed by atoms with E-state index in [0.717, 1.165) is 22.5 Å². The highest BCUT2D eigenvalue weighted by atomic mass is 35.5. The van der Waals surface area contributed by atoms with E-state index in [9.17, 15) is 0 Å². The van der Waals surface area contributed by atoms with Crippen molar-refractivity contribution in [3.05, 3.63) is 46.2 Å². The van der Waals surface area contributed by atoms with Gasteiger partial charge in [0, 0.05) is 17.6 Å². The third-order valence-electron chi connectivity index (χ3n) is 3.11. The second-order valence-corrected chi connectivity index (χ2v) is 5.40. The zero-order valence-electron chi connectivity index (χ0n) is 11.5. The molecule has 2 aromatic heterocycles. The molecule has 3 aromatic rings. The Morgan fingerprint density at radius 3 is 2.57 bits per heavy atom. The lowest BCUT2D eigenvalue weighted by Crippen LogP contribution is -2.00. The molecule has 0 aliphatic carbocycles. The summed E-state index contributed by atoms with van der Waals surface area (Å²) >= 11 is 12.3. The van der Waals surface area contributed by atoms with Gasteiger partial charge in [0.05, 0.1) is 16.1 Å². The topological polar surface area (TPSA) is 50.7 Å². The summed E-state index contributed by atoms with van der Waals surface area (Å²) in [7, 11) is 1.82. The molecule has 1 N–H and O–H groups in total. The number of benzene rings is 1. The van der Waals surface area contributed by atoms with Gasteiger partial charge in [-0.15, -0.1) is 0 Å². The van der Waals surface area contributed by atoms with E-state index in [1.807, 2.05) is 26.1 Å². The highest BCUT2D eigenvalue weighted by Crippen LogP contribution is 2.31. The number of fused-ring (bicyclic) bond motifs is 1.